The fourth-order valence-electron chi connectivity index (χ4n) is 0.755. The molecule has 0 aliphatic rings. The van der Waals surface area contributed by atoms with E-state index in [4.69, 9.17) is 0 Å². The predicted octanol–water partition coefficient (Wildman–Crippen LogP) is 3.40. The van der Waals surface area contributed by atoms with Crippen LogP contribution in [0.1, 0.15) is 46.0 Å². The lowest BCUT2D eigenvalue weighted by Gasteiger charge is -1.96. The Morgan fingerprint density at radius 2 is 2.09 bits per heavy atom. The van der Waals surface area contributed by atoms with Gasteiger partial charge in [0.25, 0.3) is 0 Å². The summed E-state index contributed by atoms with van der Waals surface area (Å²) in [5.41, 5.74) is 0. The van der Waals surface area contributed by atoms with Gasteiger partial charge in [-0.3, -0.25) is 4.79 Å². The van der Waals surface area contributed by atoms with Crippen LogP contribution in [0.15, 0.2) is 0 Å². The highest BCUT2D eigenvalue weighted by Gasteiger charge is 2.00. The van der Waals surface area contributed by atoms with Crippen molar-refractivity contribution in [1.82, 2.24) is 0 Å². The highest BCUT2D eigenvalue weighted by molar-refractivity contribution is 8.15. The zero-order chi connectivity index (χ0) is 8.53. The first kappa shape index (κ1) is 11.0. The minimum absolute atomic E-state index is 0.320. The van der Waals surface area contributed by atoms with Crippen molar-refractivity contribution in [3.8, 4) is 0 Å². The minimum Gasteiger partial charge on any atom is -0.287 e. The topological polar surface area (TPSA) is 17.1 Å². The van der Waals surface area contributed by atoms with Gasteiger partial charge in [-0.25, -0.2) is 0 Å². The van der Waals surface area contributed by atoms with E-state index >= 15 is 0 Å². The Bertz CT molecular complexity index is 102. The van der Waals surface area contributed by atoms with Gasteiger partial charge in [-0.05, 0) is 12.8 Å². The fraction of sp³-hybridized carbons (Fsp3) is 0.778. The fourth-order valence-corrected chi connectivity index (χ4v) is 1.37. The van der Waals surface area contributed by atoms with E-state index in [1.54, 1.807) is 0 Å². The molecule has 0 spiro atoms. The second-order valence-corrected chi connectivity index (χ2v) is 3.55. The van der Waals surface area contributed by atoms with Crippen LogP contribution in [0.3, 0.4) is 0 Å². The molecule has 2 heteroatoms. The van der Waals surface area contributed by atoms with Crippen LogP contribution in [0.25, 0.3) is 0 Å². The summed E-state index contributed by atoms with van der Waals surface area (Å²) in [5.74, 6) is 1.97. The predicted molar refractivity (Wildman–Crippen MR) is 51.3 cm³/mol. The Balaban J connectivity index is 3.09. The first-order chi connectivity index (χ1) is 5.31. The molecule has 0 heterocycles. The molecule has 0 aliphatic carbocycles. The lowest BCUT2D eigenvalue weighted by atomic mass is 10.2. The SMILES string of the molecule is CC[CH]SC(=O)CCCCC. The van der Waals surface area contributed by atoms with Crippen LogP contribution in [-0.4, -0.2) is 5.12 Å². The minimum atomic E-state index is 0.320. The molecule has 0 bridgehead atoms. The maximum Gasteiger partial charge on any atom is 0.189 e. The van der Waals surface area contributed by atoms with Crippen molar-refractivity contribution in [1.29, 1.82) is 0 Å². The first-order valence-corrected chi connectivity index (χ1v) is 5.20. The van der Waals surface area contributed by atoms with Crippen LogP contribution in [0.5, 0.6) is 0 Å². The maximum absolute atomic E-state index is 11.0. The van der Waals surface area contributed by atoms with Crippen LogP contribution in [0.2, 0.25) is 0 Å². The van der Waals surface area contributed by atoms with E-state index in [9.17, 15) is 4.79 Å². The summed E-state index contributed by atoms with van der Waals surface area (Å²) in [7, 11) is 0. The molecule has 1 radical (unpaired) electrons. The van der Waals surface area contributed by atoms with Gasteiger partial charge in [-0.2, -0.15) is 0 Å². The molecule has 0 aliphatic heterocycles. The summed E-state index contributed by atoms with van der Waals surface area (Å²) in [6.45, 7) is 4.20. The number of carbonyl (C=O) groups is 1. The second kappa shape index (κ2) is 8.12. The molecule has 11 heavy (non-hydrogen) atoms. The number of hydrogen-bond donors (Lipinski definition) is 0. The molecular weight excluding hydrogens is 156 g/mol. The van der Waals surface area contributed by atoms with Crippen LogP contribution >= 0.6 is 11.8 Å². The first-order valence-electron chi connectivity index (χ1n) is 4.32. The summed E-state index contributed by atoms with van der Waals surface area (Å²) in [6, 6.07) is 0. The summed E-state index contributed by atoms with van der Waals surface area (Å²) in [4.78, 5) is 11.0. The average molecular weight is 173 g/mol. The van der Waals surface area contributed by atoms with Gasteiger partial charge in [0, 0.05) is 12.2 Å². The van der Waals surface area contributed by atoms with E-state index in [1.807, 2.05) is 12.7 Å². The summed E-state index contributed by atoms with van der Waals surface area (Å²) in [6.07, 6.45) is 5.15. The van der Waals surface area contributed by atoms with E-state index in [0.717, 1.165) is 19.3 Å². The van der Waals surface area contributed by atoms with Gasteiger partial charge in [0.1, 0.15) is 0 Å². The third-order valence-electron chi connectivity index (χ3n) is 1.37. The Morgan fingerprint density at radius 1 is 1.36 bits per heavy atom. The van der Waals surface area contributed by atoms with Crippen molar-refractivity contribution in [2.75, 3.05) is 0 Å². The van der Waals surface area contributed by atoms with Crippen LogP contribution < -0.4 is 0 Å². The van der Waals surface area contributed by atoms with Crippen molar-refractivity contribution >= 4 is 16.9 Å². The van der Waals surface area contributed by atoms with Gasteiger partial charge in [-0.1, -0.05) is 38.5 Å². The van der Waals surface area contributed by atoms with E-state index in [0.29, 0.717) is 5.12 Å². The van der Waals surface area contributed by atoms with E-state index in [1.165, 1.54) is 24.6 Å². The quantitative estimate of drug-likeness (QED) is 0.573. The van der Waals surface area contributed by atoms with E-state index in [-0.39, 0.29) is 0 Å². The van der Waals surface area contributed by atoms with Crippen LogP contribution in [0.4, 0.5) is 0 Å². The molecule has 0 amide bonds. The molecular formula is C9H17OS. The monoisotopic (exact) mass is 173 g/mol. The number of rotatable bonds is 6. The van der Waals surface area contributed by atoms with Crippen LogP contribution in [0, 0.1) is 5.75 Å². The summed E-state index contributed by atoms with van der Waals surface area (Å²) in [5, 5.41) is 0.320. The highest BCUT2D eigenvalue weighted by atomic mass is 32.2. The molecule has 0 N–H and O–H groups in total. The van der Waals surface area contributed by atoms with Gasteiger partial charge < -0.3 is 0 Å². The molecule has 65 valence electrons. The molecule has 0 aromatic heterocycles. The number of hydrogen-bond acceptors (Lipinski definition) is 2. The van der Waals surface area contributed by atoms with Gasteiger partial charge in [0.2, 0.25) is 0 Å². The largest absolute Gasteiger partial charge is 0.287 e. The molecule has 1 nitrogen and oxygen atoms in total. The molecule has 0 rings (SSSR count). The van der Waals surface area contributed by atoms with Gasteiger partial charge in [-0.15, -0.1) is 0 Å². The maximum atomic E-state index is 11.0. The highest BCUT2D eigenvalue weighted by Crippen LogP contribution is 2.13. The second-order valence-electron chi connectivity index (χ2n) is 2.52. The van der Waals surface area contributed by atoms with E-state index in [2.05, 4.69) is 6.92 Å². The number of thioether (sulfide) groups is 1. The van der Waals surface area contributed by atoms with Crippen molar-refractivity contribution in [2.24, 2.45) is 0 Å². The van der Waals surface area contributed by atoms with Gasteiger partial charge >= 0.3 is 0 Å². The molecule has 0 aromatic rings. The summed E-state index contributed by atoms with van der Waals surface area (Å²) < 4.78 is 0. The zero-order valence-electron chi connectivity index (χ0n) is 7.43. The van der Waals surface area contributed by atoms with Gasteiger partial charge in [0.15, 0.2) is 5.12 Å². The smallest absolute Gasteiger partial charge is 0.189 e. The molecule has 0 saturated carbocycles. The average Bonchev–Trinajstić information content (AvgIpc) is 2.01. The zero-order valence-corrected chi connectivity index (χ0v) is 8.25. The summed E-state index contributed by atoms with van der Waals surface area (Å²) >= 11 is 1.36. The van der Waals surface area contributed by atoms with Crippen molar-refractivity contribution in [2.45, 2.75) is 46.0 Å². The molecule has 0 unspecified atom stereocenters. The molecule has 0 atom stereocenters. The van der Waals surface area contributed by atoms with E-state index < -0.39 is 0 Å². The molecule has 0 saturated heterocycles. The number of carbonyl (C=O) groups excluding carboxylic acids is 1. The third-order valence-corrected chi connectivity index (χ3v) is 2.33. The molecule has 0 aromatic carbocycles. The Kier molecular flexibility index (Phi) is 8.13. The standard InChI is InChI=1S/C9H17OS/c1-3-5-6-7-9(10)11-8-4-2/h8H,3-7H2,1-2H3. The van der Waals surface area contributed by atoms with Crippen molar-refractivity contribution in [3.05, 3.63) is 5.75 Å². The molecule has 0 fully saturated rings. The van der Waals surface area contributed by atoms with Crippen LogP contribution in [-0.2, 0) is 4.79 Å². The Labute approximate surface area is 73.9 Å². The number of unbranched alkanes of at least 4 members (excludes halogenated alkanes) is 2. The van der Waals surface area contributed by atoms with Crippen molar-refractivity contribution < 1.29 is 4.79 Å². The third kappa shape index (κ3) is 7.92. The lowest BCUT2D eigenvalue weighted by molar-refractivity contribution is -0.111. The van der Waals surface area contributed by atoms with Crippen molar-refractivity contribution in [3.63, 3.8) is 0 Å². The Hall–Kier alpha value is 0.0200. The normalized spacial score (nSPS) is 10.0. The van der Waals surface area contributed by atoms with Gasteiger partial charge in [0.05, 0.1) is 0 Å². The Morgan fingerprint density at radius 3 is 2.64 bits per heavy atom. The lowest BCUT2D eigenvalue weighted by Crippen LogP contribution is -1.90.